The number of aromatic nitrogens is 1. The Balaban J connectivity index is 1.20. The highest BCUT2D eigenvalue weighted by molar-refractivity contribution is 5.78. The van der Waals surface area contributed by atoms with Gasteiger partial charge in [0, 0.05) is 75.3 Å². The van der Waals surface area contributed by atoms with E-state index < -0.39 is 11.9 Å². The van der Waals surface area contributed by atoms with Crippen LogP contribution in [0.25, 0.3) is 0 Å². The van der Waals surface area contributed by atoms with Gasteiger partial charge in [0.15, 0.2) is 0 Å². The summed E-state index contributed by atoms with van der Waals surface area (Å²) in [6.45, 7) is 14.4. The highest BCUT2D eigenvalue weighted by Crippen LogP contribution is 2.30. The number of carbonyl (C=O) groups is 1. The molecule has 0 bridgehead atoms. The number of hydrogen-bond donors (Lipinski definition) is 1. The minimum atomic E-state index is -4.46. The van der Waals surface area contributed by atoms with Gasteiger partial charge >= 0.3 is 6.18 Å². The fourth-order valence-corrected chi connectivity index (χ4v) is 5.29. The number of likely N-dealkylation sites (tertiary alicyclic amines) is 1. The van der Waals surface area contributed by atoms with E-state index in [1.54, 1.807) is 6.07 Å². The lowest BCUT2D eigenvalue weighted by Gasteiger charge is -2.38. The normalized spacial score (nSPS) is 18.9. The van der Waals surface area contributed by atoms with E-state index >= 15 is 0 Å². The Kier molecular flexibility index (Phi) is 8.55. The van der Waals surface area contributed by atoms with Crippen molar-refractivity contribution in [1.29, 1.82) is 0 Å². The molecule has 208 valence electrons. The predicted octanol–water partition coefficient (Wildman–Crippen LogP) is 5.26. The van der Waals surface area contributed by atoms with Gasteiger partial charge in [-0.2, -0.15) is 13.2 Å². The summed E-state index contributed by atoms with van der Waals surface area (Å²) in [4.78, 5) is 23.2. The minimum Gasteiger partial charge on any atom is -0.382 e. The van der Waals surface area contributed by atoms with Crippen LogP contribution in [-0.2, 0) is 16.4 Å². The lowest BCUT2D eigenvalue weighted by molar-refractivity contribution is -0.141. The van der Waals surface area contributed by atoms with Gasteiger partial charge in [-0.15, -0.1) is 0 Å². The number of alkyl halides is 3. The Morgan fingerprint density at radius 3 is 2.21 bits per heavy atom. The van der Waals surface area contributed by atoms with Gasteiger partial charge in [-0.1, -0.05) is 39.8 Å². The van der Waals surface area contributed by atoms with Crippen molar-refractivity contribution in [3.05, 3.63) is 53.9 Å². The van der Waals surface area contributed by atoms with E-state index in [1.165, 1.54) is 17.4 Å². The number of nitrogens with zero attached hydrogens (tertiary/aromatic N) is 4. The summed E-state index contributed by atoms with van der Waals surface area (Å²) in [6, 6.07) is 11.5. The molecular formula is C29H40F3N5O. The summed E-state index contributed by atoms with van der Waals surface area (Å²) in [7, 11) is 0. The van der Waals surface area contributed by atoms with Crippen molar-refractivity contribution in [2.75, 3.05) is 56.0 Å². The average Bonchev–Trinajstić information content (AvgIpc) is 2.88. The highest BCUT2D eigenvalue weighted by atomic mass is 19.4. The molecule has 0 radical (unpaired) electrons. The summed E-state index contributed by atoms with van der Waals surface area (Å²) >= 11 is 0. The van der Waals surface area contributed by atoms with Crippen LogP contribution in [0, 0.1) is 5.92 Å². The third-order valence-electron chi connectivity index (χ3n) is 7.65. The van der Waals surface area contributed by atoms with Gasteiger partial charge in [0.1, 0.15) is 5.69 Å². The van der Waals surface area contributed by atoms with Crippen molar-refractivity contribution in [3.63, 3.8) is 0 Å². The number of benzene rings is 1. The second kappa shape index (κ2) is 11.5. The number of pyridine rings is 1. The SMILES string of the molecule is CC(CN1CCN(c2ccc(C(C)(C)C)cc2)CC1)C(=O)N1CCC(Nc2ccnc(C(F)(F)F)c2)CC1. The molecule has 0 saturated carbocycles. The quantitative estimate of drug-likeness (QED) is 0.551. The van der Waals surface area contributed by atoms with Crippen LogP contribution in [0.1, 0.15) is 51.8 Å². The fraction of sp³-hybridized carbons (Fsp3) is 0.586. The number of rotatable bonds is 6. The molecule has 1 aromatic heterocycles. The number of anilines is 2. The van der Waals surface area contributed by atoms with Gasteiger partial charge in [-0.05, 0) is 48.1 Å². The molecule has 2 fully saturated rings. The molecule has 2 aliphatic heterocycles. The van der Waals surface area contributed by atoms with Crippen LogP contribution in [0.5, 0.6) is 0 Å². The summed E-state index contributed by atoms with van der Waals surface area (Å²) in [6.07, 6.45) is -1.88. The molecule has 1 N–H and O–H groups in total. The van der Waals surface area contributed by atoms with Gasteiger partial charge in [0.2, 0.25) is 5.91 Å². The molecule has 38 heavy (non-hydrogen) atoms. The zero-order valence-electron chi connectivity index (χ0n) is 22.9. The molecule has 4 rings (SSSR count). The monoisotopic (exact) mass is 531 g/mol. The second-order valence-corrected chi connectivity index (χ2v) is 11.7. The molecular weight excluding hydrogens is 491 g/mol. The zero-order valence-corrected chi connectivity index (χ0v) is 22.9. The van der Waals surface area contributed by atoms with Crippen molar-refractivity contribution in [3.8, 4) is 0 Å². The molecule has 9 heteroatoms. The van der Waals surface area contributed by atoms with E-state index in [9.17, 15) is 18.0 Å². The third-order valence-corrected chi connectivity index (χ3v) is 7.65. The first kappa shape index (κ1) is 28.2. The number of amides is 1. The highest BCUT2D eigenvalue weighted by Gasteiger charge is 2.33. The Hall–Kier alpha value is -2.81. The zero-order chi connectivity index (χ0) is 27.5. The molecule has 6 nitrogen and oxygen atoms in total. The summed E-state index contributed by atoms with van der Waals surface area (Å²) in [5.41, 5.74) is 2.24. The van der Waals surface area contributed by atoms with E-state index in [1.807, 2.05) is 11.8 Å². The van der Waals surface area contributed by atoms with Crippen LogP contribution < -0.4 is 10.2 Å². The van der Waals surface area contributed by atoms with Gasteiger partial charge in [0.05, 0.1) is 0 Å². The molecule has 2 saturated heterocycles. The number of piperazine rings is 1. The van der Waals surface area contributed by atoms with Crippen molar-refractivity contribution in [1.82, 2.24) is 14.8 Å². The van der Waals surface area contributed by atoms with Crippen molar-refractivity contribution in [2.45, 2.75) is 58.2 Å². The Labute approximate surface area is 224 Å². The van der Waals surface area contributed by atoms with Crippen molar-refractivity contribution in [2.24, 2.45) is 5.92 Å². The topological polar surface area (TPSA) is 51.7 Å². The van der Waals surface area contributed by atoms with Gasteiger partial charge in [-0.25, -0.2) is 0 Å². The summed E-state index contributed by atoms with van der Waals surface area (Å²) in [5.74, 6) is 0.0681. The third kappa shape index (κ3) is 7.18. The fourth-order valence-electron chi connectivity index (χ4n) is 5.29. The van der Waals surface area contributed by atoms with Crippen molar-refractivity contribution < 1.29 is 18.0 Å². The molecule has 1 amide bonds. The van der Waals surface area contributed by atoms with Crippen LogP contribution in [-0.4, -0.2) is 72.5 Å². The maximum Gasteiger partial charge on any atom is 0.433 e. The molecule has 0 spiro atoms. The molecule has 1 unspecified atom stereocenters. The van der Waals surface area contributed by atoms with E-state index in [-0.39, 0.29) is 23.3 Å². The Morgan fingerprint density at radius 2 is 1.63 bits per heavy atom. The number of halogens is 3. The van der Waals surface area contributed by atoms with Gasteiger partial charge in [0.25, 0.3) is 0 Å². The number of carbonyl (C=O) groups excluding carboxylic acids is 1. The Morgan fingerprint density at radius 1 is 1.00 bits per heavy atom. The first-order valence-corrected chi connectivity index (χ1v) is 13.6. The Bertz CT molecular complexity index is 1070. The van der Waals surface area contributed by atoms with E-state index in [0.717, 1.165) is 38.8 Å². The van der Waals surface area contributed by atoms with Gasteiger partial charge < -0.3 is 15.1 Å². The second-order valence-electron chi connectivity index (χ2n) is 11.7. The molecule has 0 aliphatic carbocycles. The number of piperidine rings is 1. The lowest BCUT2D eigenvalue weighted by atomic mass is 9.87. The van der Waals surface area contributed by atoms with Crippen LogP contribution in [0.3, 0.4) is 0 Å². The largest absolute Gasteiger partial charge is 0.433 e. The minimum absolute atomic E-state index is 0.0309. The standard InChI is InChI=1S/C29H40F3N5O/c1-21(20-35-15-17-36(18-16-35)25-7-5-22(6-8-25)28(2,3)4)27(38)37-13-10-23(11-14-37)34-24-9-12-33-26(19-24)29(30,31)32/h5-9,12,19,21,23H,10-11,13-18,20H2,1-4H3,(H,33,34). The molecule has 2 aliphatic rings. The van der Waals surface area contributed by atoms with E-state index in [2.05, 4.69) is 65.1 Å². The number of hydrogen-bond acceptors (Lipinski definition) is 5. The molecule has 1 aromatic carbocycles. The van der Waals surface area contributed by atoms with Crippen molar-refractivity contribution >= 4 is 17.3 Å². The first-order chi connectivity index (χ1) is 17.9. The van der Waals surface area contributed by atoms with Crippen LogP contribution in [0.4, 0.5) is 24.5 Å². The van der Waals surface area contributed by atoms with Gasteiger partial charge in [-0.3, -0.25) is 14.7 Å². The predicted molar refractivity (Wildman–Crippen MR) is 145 cm³/mol. The first-order valence-electron chi connectivity index (χ1n) is 13.6. The van der Waals surface area contributed by atoms with Crippen LogP contribution in [0.15, 0.2) is 42.6 Å². The summed E-state index contributed by atoms with van der Waals surface area (Å²) < 4.78 is 38.8. The number of nitrogens with one attached hydrogen (secondary N) is 1. The van der Waals surface area contributed by atoms with E-state index in [4.69, 9.17) is 0 Å². The van der Waals surface area contributed by atoms with E-state index in [0.29, 0.717) is 31.6 Å². The molecule has 1 atom stereocenters. The molecule has 2 aromatic rings. The molecule has 3 heterocycles. The lowest BCUT2D eigenvalue weighted by Crippen LogP contribution is -2.50. The smallest absolute Gasteiger partial charge is 0.382 e. The maximum atomic E-state index is 13.1. The summed E-state index contributed by atoms with van der Waals surface area (Å²) in [5, 5.41) is 3.18. The van der Waals surface area contributed by atoms with Crippen LogP contribution >= 0.6 is 0 Å². The maximum absolute atomic E-state index is 13.1. The average molecular weight is 532 g/mol. The van der Waals surface area contributed by atoms with Crippen LogP contribution in [0.2, 0.25) is 0 Å².